The van der Waals surface area contributed by atoms with E-state index in [2.05, 4.69) is 24.1 Å². The largest absolute Gasteiger partial charge is 0.388 e. The number of fused-ring (bicyclic) bond motifs is 1. The van der Waals surface area contributed by atoms with Crippen LogP contribution in [-0.2, 0) is 0 Å². The highest BCUT2D eigenvalue weighted by molar-refractivity contribution is 4.91. The molecule has 0 aromatic heterocycles. The van der Waals surface area contributed by atoms with Crippen LogP contribution in [0.25, 0.3) is 0 Å². The van der Waals surface area contributed by atoms with E-state index in [-0.39, 0.29) is 0 Å². The Labute approximate surface area is 106 Å². The van der Waals surface area contributed by atoms with E-state index in [0.29, 0.717) is 12.6 Å². The van der Waals surface area contributed by atoms with Crippen molar-refractivity contribution >= 4 is 0 Å². The first-order chi connectivity index (χ1) is 7.96. The molecule has 2 rings (SSSR count). The number of likely N-dealkylation sites (tertiary alicyclic amines) is 1. The average Bonchev–Trinajstić information content (AvgIpc) is 2.74. The van der Waals surface area contributed by atoms with Gasteiger partial charge in [-0.05, 0) is 31.6 Å². The van der Waals surface area contributed by atoms with Gasteiger partial charge in [-0.25, -0.2) is 0 Å². The van der Waals surface area contributed by atoms with Crippen LogP contribution in [0.15, 0.2) is 0 Å². The van der Waals surface area contributed by atoms with Crippen LogP contribution in [0.5, 0.6) is 0 Å². The van der Waals surface area contributed by atoms with Crippen molar-refractivity contribution in [1.29, 1.82) is 0 Å². The Bertz CT molecular complexity index is 241. The molecule has 0 spiro atoms. The van der Waals surface area contributed by atoms with Gasteiger partial charge < -0.3 is 10.4 Å². The third-order valence-electron chi connectivity index (χ3n) is 4.26. The molecule has 2 N–H and O–H groups in total. The molecule has 0 bridgehead atoms. The van der Waals surface area contributed by atoms with E-state index in [0.717, 1.165) is 18.4 Å². The monoisotopic (exact) mass is 240 g/mol. The van der Waals surface area contributed by atoms with Crippen molar-refractivity contribution < 1.29 is 5.11 Å². The zero-order valence-corrected chi connectivity index (χ0v) is 11.6. The Morgan fingerprint density at radius 2 is 1.88 bits per heavy atom. The summed E-state index contributed by atoms with van der Waals surface area (Å²) in [6, 6.07) is 0.444. The SMILES string of the molecule is CC(C)NCC(C)(O)CN1CC2CCCC2C1. The van der Waals surface area contributed by atoms with Crippen LogP contribution in [0.4, 0.5) is 0 Å². The van der Waals surface area contributed by atoms with Crippen LogP contribution in [0.3, 0.4) is 0 Å². The molecule has 3 nitrogen and oxygen atoms in total. The summed E-state index contributed by atoms with van der Waals surface area (Å²) < 4.78 is 0. The number of hydrogen-bond acceptors (Lipinski definition) is 3. The summed E-state index contributed by atoms with van der Waals surface area (Å²) in [4.78, 5) is 2.47. The van der Waals surface area contributed by atoms with Gasteiger partial charge in [-0.1, -0.05) is 20.3 Å². The first-order valence-electron chi connectivity index (χ1n) is 7.14. The van der Waals surface area contributed by atoms with Crippen LogP contribution in [0, 0.1) is 11.8 Å². The molecule has 17 heavy (non-hydrogen) atoms. The van der Waals surface area contributed by atoms with Gasteiger partial charge in [-0.3, -0.25) is 4.90 Å². The first kappa shape index (κ1) is 13.3. The van der Waals surface area contributed by atoms with Crippen LogP contribution in [0.2, 0.25) is 0 Å². The Balaban J connectivity index is 1.76. The summed E-state index contributed by atoms with van der Waals surface area (Å²) in [7, 11) is 0. The molecule has 2 aliphatic rings. The van der Waals surface area contributed by atoms with E-state index in [1.807, 2.05) is 6.92 Å². The van der Waals surface area contributed by atoms with E-state index >= 15 is 0 Å². The lowest BCUT2D eigenvalue weighted by atomic mass is 10.0. The zero-order valence-electron chi connectivity index (χ0n) is 11.6. The topological polar surface area (TPSA) is 35.5 Å². The summed E-state index contributed by atoms with van der Waals surface area (Å²) >= 11 is 0. The van der Waals surface area contributed by atoms with Gasteiger partial charge in [0.25, 0.3) is 0 Å². The maximum Gasteiger partial charge on any atom is 0.0869 e. The van der Waals surface area contributed by atoms with Crippen molar-refractivity contribution in [2.45, 2.75) is 51.7 Å². The number of rotatable bonds is 5. The Morgan fingerprint density at radius 1 is 1.29 bits per heavy atom. The summed E-state index contributed by atoms with van der Waals surface area (Å²) in [5.74, 6) is 1.84. The lowest BCUT2D eigenvalue weighted by Gasteiger charge is -2.30. The fourth-order valence-electron chi connectivity index (χ4n) is 3.42. The molecule has 3 atom stereocenters. The number of nitrogens with one attached hydrogen (secondary N) is 1. The minimum absolute atomic E-state index is 0.444. The molecule has 0 aromatic rings. The van der Waals surface area contributed by atoms with Gasteiger partial charge in [0.1, 0.15) is 0 Å². The van der Waals surface area contributed by atoms with Gasteiger partial charge in [0.05, 0.1) is 5.60 Å². The second-order valence-corrected chi connectivity index (χ2v) is 6.68. The molecule has 0 amide bonds. The van der Waals surface area contributed by atoms with Crippen LogP contribution in [0.1, 0.15) is 40.0 Å². The molecule has 1 saturated heterocycles. The first-order valence-corrected chi connectivity index (χ1v) is 7.14. The fraction of sp³-hybridized carbons (Fsp3) is 1.00. The molecule has 1 aliphatic carbocycles. The van der Waals surface area contributed by atoms with E-state index in [9.17, 15) is 5.11 Å². The van der Waals surface area contributed by atoms with Crippen molar-refractivity contribution in [3.63, 3.8) is 0 Å². The molecule has 1 aliphatic heterocycles. The van der Waals surface area contributed by atoms with Gasteiger partial charge in [0, 0.05) is 32.2 Å². The second-order valence-electron chi connectivity index (χ2n) is 6.68. The maximum absolute atomic E-state index is 10.4. The molecule has 1 saturated carbocycles. The number of β-amino-alcohol motifs (C(OH)–C–C–N with tert-alkyl or cyclic N) is 1. The lowest BCUT2D eigenvalue weighted by Crippen LogP contribution is -2.48. The van der Waals surface area contributed by atoms with Crippen molar-refractivity contribution in [3.05, 3.63) is 0 Å². The van der Waals surface area contributed by atoms with Crippen LogP contribution < -0.4 is 5.32 Å². The number of hydrogen-bond donors (Lipinski definition) is 2. The lowest BCUT2D eigenvalue weighted by molar-refractivity contribution is 0.0232. The Hall–Kier alpha value is -0.120. The zero-order chi connectivity index (χ0) is 12.5. The Kier molecular flexibility index (Phi) is 4.11. The van der Waals surface area contributed by atoms with Crippen molar-refractivity contribution in [2.75, 3.05) is 26.2 Å². The predicted molar refractivity (Wildman–Crippen MR) is 71.0 cm³/mol. The van der Waals surface area contributed by atoms with Crippen LogP contribution in [-0.4, -0.2) is 47.8 Å². The van der Waals surface area contributed by atoms with Gasteiger partial charge in [0.2, 0.25) is 0 Å². The van der Waals surface area contributed by atoms with Crippen molar-refractivity contribution in [2.24, 2.45) is 11.8 Å². The maximum atomic E-state index is 10.4. The molecular formula is C14H28N2O. The summed E-state index contributed by atoms with van der Waals surface area (Å²) in [5.41, 5.74) is -0.594. The minimum Gasteiger partial charge on any atom is -0.388 e. The van der Waals surface area contributed by atoms with Gasteiger partial charge >= 0.3 is 0 Å². The molecular weight excluding hydrogens is 212 g/mol. The second kappa shape index (κ2) is 5.25. The van der Waals surface area contributed by atoms with E-state index in [1.165, 1.54) is 32.4 Å². The predicted octanol–water partition coefficient (Wildman–Crippen LogP) is 1.47. The number of aliphatic hydroxyl groups is 1. The van der Waals surface area contributed by atoms with E-state index < -0.39 is 5.60 Å². The highest BCUT2D eigenvalue weighted by Gasteiger charge is 2.38. The number of nitrogens with zero attached hydrogens (tertiary/aromatic N) is 1. The smallest absolute Gasteiger partial charge is 0.0869 e. The highest BCUT2D eigenvalue weighted by Crippen LogP contribution is 2.37. The van der Waals surface area contributed by atoms with E-state index in [1.54, 1.807) is 0 Å². The molecule has 1 heterocycles. The van der Waals surface area contributed by atoms with Crippen molar-refractivity contribution in [3.8, 4) is 0 Å². The molecule has 0 aromatic carbocycles. The van der Waals surface area contributed by atoms with Crippen molar-refractivity contribution in [1.82, 2.24) is 10.2 Å². The van der Waals surface area contributed by atoms with Gasteiger partial charge in [-0.2, -0.15) is 0 Å². The van der Waals surface area contributed by atoms with E-state index in [4.69, 9.17) is 0 Å². The quantitative estimate of drug-likeness (QED) is 0.764. The molecule has 2 fully saturated rings. The molecule has 3 unspecified atom stereocenters. The average molecular weight is 240 g/mol. The standard InChI is InChI=1S/C14H28N2O/c1-11(2)15-9-14(3,17)10-16-7-12-5-4-6-13(12)8-16/h11-13,15,17H,4-10H2,1-3H3. The third-order valence-corrected chi connectivity index (χ3v) is 4.26. The summed E-state index contributed by atoms with van der Waals surface area (Å²) in [5, 5.41) is 13.7. The summed E-state index contributed by atoms with van der Waals surface area (Å²) in [6.45, 7) is 10.1. The normalized spacial score (nSPS) is 33.0. The molecule has 0 radical (unpaired) electrons. The summed E-state index contributed by atoms with van der Waals surface area (Å²) in [6.07, 6.45) is 4.25. The molecule has 100 valence electrons. The van der Waals surface area contributed by atoms with Gasteiger partial charge in [-0.15, -0.1) is 0 Å². The minimum atomic E-state index is -0.594. The Morgan fingerprint density at radius 3 is 2.41 bits per heavy atom. The molecule has 3 heteroatoms. The van der Waals surface area contributed by atoms with Gasteiger partial charge in [0.15, 0.2) is 0 Å². The van der Waals surface area contributed by atoms with Crippen LogP contribution >= 0.6 is 0 Å². The highest BCUT2D eigenvalue weighted by atomic mass is 16.3. The third kappa shape index (κ3) is 3.67. The fourth-order valence-corrected chi connectivity index (χ4v) is 3.42.